The third-order valence-corrected chi connectivity index (χ3v) is 6.79. The first kappa shape index (κ1) is 34.9. The molecule has 2 atom stereocenters. The van der Waals surface area contributed by atoms with E-state index in [1.807, 2.05) is 31.7 Å². The van der Waals surface area contributed by atoms with Crippen molar-refractivity contribution < 1.29 is 23.8 Å². The highest BCUT2D eigenvalue weighted by Gasteiger charge is 2.22. The van der Waals surface area contributed by atoms with Crippen molar-refractivity contribution in [1.82, 2.24) is 10.2 Å². The van der Waals surface area contributed by atoms with Crippen molar-refractivity contribution in [2.75, 3.05) is 26.3 Å². The van der Waals surface area contributed by atoms with Crippen LogP contribution in [0, 0.1) is 18.2 Å². The number of hydrogen-bond acceptors (Lipinski definition) is 4. The normalized spacial score (nSPS) is 12.8. The maximum Gasteiger partial charge on any atom is 0.253 e. The van der Waals surface area contributed by atoms with Gasteiger partial charge in [0, 0.05) is 36.9 Å². The lowest BCUT2D eigenvalue weighted by Gasteiger charge is -2.24. The number of aliphatic hydroxyl groups excluding tert-OH is 1. The quantitative estimate of drug-likeness (QED) is 0.170. The van der Waals surface area contributed by atoms with E-state index >= 15 is 0 Å². The van der Waals surface area contributed by atoms with Crippen LogP contribution in [0.3, 0.4) is 0 Å². The minimum absolute atomic E-state index is 0.0987. The summed E-state index contributed by atoms with van der Waals surface area (Å²) in [5.41, 5.74) is 5.69. The highest BCUT2D eigenvalue weighted by molar-refractivity contribution is 6.00. The van der Waals surface area contributed by atoms with Crippen molar-refractivity contribution >= 4 is 17.9 Å². The first-order valence-electron chi connectivity index (χ1n) is 15.0. The number of carbonyl (C=O) groups is 2. The van der Waals surface area contributed by atoms with Gasteiger partial charge in [-0.05, 0) is 97.5 Å². The predicted octanol–water partition coefficient (Wildman–Crippen LogP) is 6.74. The Hall–Kier alpha value is -3.25. The lowest BCUT2D eigenvalue weighted by Crippen LogP contribution is -2.40. The van der Waals surface area contributed by atoms with Crippen LogP contribution in [-0.2, 0) is 11.2 Å². The van der Waals surface area contributed by atoms with E-state index in [9.17, 15) is 19.1 Å². The summed E-state index contributed by atoms with van der Waals surface area (Å²) in [5.74, 6) is -0.868. The molecule has 0 aliphatic heterocycles. The van der Waals surface area contributed by atoms with Gasteiger partial charge in [0.25, 0.3) is 11.8 Å². The second kappa shape index (κ2) is 17.0. The Balaban J connectivity index is 2.28. The molecule has 0 fully saturated rings. The van der Waals surface area contributed by atoms with Gasteiger partial charge < -0.3 is 20.1 Å². The second-order valence-electron chi connectivity index (χ2n) is 12.3. The molecule has 42 heavy (non-hydrogen) atoms. The SMILES string of the molecule is C=C=Cc1cc(F)cc(CC(C[C@@H](O)COCCC(C)(C)C)NC(=O)c2cc(C)cc(C(=O)N(CCC)CCC)c2)c1. The molecule has 0 aromatic heterocycles. The van der Waals surface area contributed by atoms with Crippen molar-refractivity contribution in [2.24, 2.45) is 5.41 Å². The Bertz CT molecular complexity index is 1220. The van der Waals surface area contributed by atoms with E-state index in [1.54, 1.807) is 24.3 Å². The van der Waals surface area contributed by atoms with Gasteiger partial charge in [0.1, 0.15) is 5.82 Å². The number of nitrogens with one attached hydrogen (secondary N) is 1. The van der Waals surface area contributed by atoms with Crippen LogP contribution < -0.4 is 5.32 Å². The topological polar surface area (TPSA) is 78.9 Å². The van der Waals surface area contributed by atoms with E-state index in [0.29, 0.717) is 48.4 Å². The van der Waals surface area contributed by atoms with Gasteiger partial charge in [-0.25, -0.2) is 4.39 Å². The molecule has 0 heterocycles. The molecule has 2 N–H and O–H groups in total. The monoisotopic (exact) mass is 580 g/mol. The van der Waals surface area contributed by atoms with Gasteiger partial charge in [-0.1, -0.05) is 47.3 Å². The van der Waals surface area contributed by atoms with Crippen LogP contribution in [-0.4, -0.2) is 60.3 Å². The molecule has 0 radical (unpaired) electrons. The highest BCUT2D eigenvalue weighted by Crippen LogP contribution is 2.19. The van der Waals surface area contributed by atoms with E-state index in [-0.39, 0.29) is 30.3 Å². The summed E-state index contributed by atoms with van der Waals surface area (Å²) in [6, 6.07) is 9.28. The number of carbonyl (C=O) groups excluding carboxylic acids is 2. The first-order valence-corrected chi connectivity index (χ1v) is 15.0. The summed E-state index contributed by atoms with van der Waals surface area (Å²) >= 11 is 0. The van der Waals surface area contributed by atoms with Gasteiger partial charge in [0.2, 0.25) is 0 Å². The van der Waals surface area contributed by atoms with Crippen LogP contribution in [0.4, 0.5) is 4.39 Å². The fourth-order valence-electron chi connectivity index (χ4n) is 4.81. The molecule has 0 spiro atoms. The minimum atomic E-state index is -0.831. The summed E-state index contributed by atoms with van der Waals surface area (Å²) in [4.78, 5) is 28.6. The lowest BCUT2D eigenvalue weighted by molar-refractivity contribution is 0.0187. The molecule has 1 unspecified atom stereocenters. The van der Waals surface area contributed by atoms with E-state index < -0.39 is 18.0 Å². The number of aliphatic hydroxyl groups is 1. The molecule has 6 nitrogen and oxygen atoms in total. The molecule has 2 aromatic rings. The Morgan fingerprint density at radius 3 is 2.38 bits per heavy atom. The van der Waals surface area contributed by atoms with E-state index in [4.69, 9.17) is 4.74 Å². The molecule has 2 amide bonds. The third kappa shape index (κ3) is 12.3. The van der Waals surface area contributed by atoms with Crippen molar-refractivity contribution in [3.05, 3.63) is 82.3 Å². The fourth-order valence-corrected chi connectivity index (χ4v) is 4.81. The van der Waals surface area contributed by atoms with E-state index in [1.165, 1.54) is 12.1 Å². The molecule has 0 aliphatic rings. The second-order valence-corrected chi connectivity index (χ2v) is 12.3. The van der Waals surface area contributed by atoms with Gasteiger partial charge in [-0.15, -0.1) is 5.73 Å². The van der Waals surface area contributed by atoms with E-state index in [2.05, 4.69) is 38.4 Å². The van der Waals surface area contributed by atoms with Crippen LogP contribution in [0.2, 0.25) is 0 Å². The van der Waals surface area contributed by atoms with Crippen molar-refractivity contribution in [3.8, 4) is 0 Å². The van der Waals surface area contributed by atoms with Gasteiger partial charge in [-0.3, -0.25) is 9.59 Å². The van der Waals surface area contributed by atoms with Crippen LogP contribution in [0.25, 0.3) is 6.08 Å². The van der Waals surface area contributed by atoms with Crippen LogP contribution in [0.1, 0.15) is 97.7 Å². The number of benzene rings is 2. The number of aryl methyl sites for hydroxylation is 1. The number of halogens is 1. The number of nitrogens with zero attached hydrogens (tertiary/aromatic N) is 1. The first-order chi connectivity index (χ1) is 19.8. The molecule has 2 rings (SSSR count). The van der Waals surface area contributed by atoms with E-state index in [0.717, 1.165) is 24.8 Å². The molecule has 0 aliphatic carbocycles. The van der Waals surface area contributed by atoms with Crippen LogP contribution >= 0.6 is 0 Å². The molecular weight excluding hydrogens is 531 g/mol. The van der Waals surface area contributed by atoms with Gasteiger partial charge in [0.05, 0.1) is 12.7 Å². The van der Waals surface area contributed by atoms with Crippen molar-refractivity contribution in [3.63, 3.8) is 0 Å². The molecule has 0 saturated carbocycles. The zero-order valence-corrected chi connectivity index (χ0v) is 26.3. The maximum absolute atomic E-state index is 14.4. The summed E-state index contributed by atoms with van der Waals surface area (Å²) in [6.45, 7) is 17.8. The molecular formula is C35H49FN2O4. The molecule has 7 heteroatoms. The largest absolute Gasteiger partial charge is 0.391 e. The maximum atomic E-state index is 14.4. The highest BCUT2D eigenvalue weighted by atomic mass is 19.1. The number of amides is 2. The van der Waals surface area contributed by atoms with Gasteiger partial charge in [0.15, 0.2) is 0 Å². The Morgan fingerprint density at radius 2 is 1.76 bits per heavy atom. The summed E-state index contributed by atoms with van der Waals surface area (Å²) in [7, 11) is 0. The Morgan fingerprint density at radius 1 is 1.10 bits per heavy atom. The molecule has 0 bridgehead atoms. The van der Waals surface area contributed by atoms with Crippen LogP contribution in [0.5, 0.6) is 0 Å². The average molecular weight is 581 g/mol. The fraction of sp³-hybridized carbons (Fsp3) is 0.514. The number of hydrogen-bond donors (Lipinski definition) is 2. The van der Waals surface area contributed by atoms with Crippen LogP contribution in [0.15, 0.2) is 48.7 Å². The smallest absolute Gasteiger partial charge is 0.253 e. The Kier molecular flexibility index (Phi) is 14.2. The summed E-state index contributed by atoms with van der Waals surface area (Å²) in [6.07, 6.45) is 3.80. The molecule has 0 saturated heterocycles. The van der Waals surface area contributed by atoms with Gasteiger partial charge in [-0.2, -0.15) is 0 Å². The summed E-state index contributed by atoms with van der Waals surface area (Å²) in [5, 5.41) is 13.8. The average Bonchev–Trinajstić information content (AvgIpc) is 2.89. The minimum Gasteiger partial charge on any atom is -0.391 e. The van der Waals surface area contributed by atoms with Gasteiger partial charge >= 0.3 is 0 Å². The number of ether oxygens (including phenoxy) is 1. The standard InChI is InChI=1S/C35H49FN2O4/c1-8-11-26-18-27(20-30(36)19-26)21-31(23-32(39)24-42-15-12-35(5,6)7)37-33(40)28-16-25(4)17-29(22-28)34(41)38(13-9-2)14-10-3/h11,16-20,22,31-32,39H,1,9-10,12-15,21,23-24H2,2-7H3,(H,37,40)/t31?,32-/m1/s1. The predicted molar refractivity (Wildman–Crippen MR) is 168 cm³/mol. The lowest BCUT2D eigenvalue weighted by atomic mass is 9.93. The third-order valence-electron chi connectivity index (χ3n) is 6.79. The molecule has 2 aromatic carbocycles. The number of rotatable bonds is 16. The van der Waals surface area contributed by atoms with Crippen molar-refractivity contribution in [1.29, 1.82) is 0 Å². The zero-order chi connectivity index (χ0) is 31.3. The van der Waals surface area contributed by atoms with Crippen molar-refractivity contribution in [2.45, 2.75) is 85.8 Å². The Labute approximate surface area is 251 Å². The zero-order valence-electron chi connectivity index (χ0n) is 26.3. The molecule has 230 valence electrons. The summed E-state index contributed by atoms with van der Waals surface area (Å²) < 4.78 is 20.1.